The van der Waals surface area contributed by atoms with Crippen molar-refractivity contribution in [2.24, 2.45) is 0 Å². The molecule has 112 valence electrons. The van der Waals surface area contributed by atoms with Gasteiger partial charge >= 0.3 is 0 Å². The minimum absolute atomic E-state index is 0.182. The van der Waals surface area contributed by atoms with E-state index in [1.807, 2.05) is 12.4 Å². The van der Waals surface area contributed by atoms with E-state index in [4.69, 9.17) is 0 Å². The Morgan fingerprint density at radius 2 is 1.86 bits per heavy atom. The molecule has 1 aromatic carbocycles. The fourth-order valence-corrected chi connectivity index (χ4v) is 2.83. The first kappa shape index (κ1) is 15.7. The Morgan fingerprint density at radius 1 is 1.14 bits per heavy atom. The zero-order valence-corrected chi connectivity index (χ0v) is 13.6. The fraction of sp³-hybridized carbons (Fsp3) is 0.421. The average molecular weight is 282 g/mol. The second-order valence-corrected chi connectivity index (χ2v) is 6.54. The summed E-state index contributed by atoms with van der Waals surface area (Å²) in [6.45, 7) is 9.92. The summed E-state index contributed by atoms with van der Waals surface area (Å²) in [5.74, 6) is 0. The molecule has 0 aliphatic rings. The van der Waals surface area contributed by atoms with Crippen molar-refractivity contribution >= 4 is 0 Å². The number of rotatable bonds is 6. The van der Waals surface area contributed by atoms with Crippen molar-refractivity contribution in [3.63, 3.8) is 0 Å². The third-order valence-electron chi connectivity index (χ3n) is 4.15. The number of nitrogens with one attached hydrogen (secondary N) is 1. The lowest BCUT2D eigenvalue weighted by Crippen LogP contribution is -2.33. The van der Waals surface area contributed by atoms with Gasteiger partial charge in [-0.2, -0.15) is 0 Å². The van der Waals surface area contributed by atoms with Crippen LogP contribution in [0.25, 0.3) is 0 Å². The molecule has 21 heavy (non-hydrogen) atoms. The molecular formula is C19H26N2. The van der Waals surface area contributed by atoms with Crippen LogP contribution in [0.3, 0.4) is 0 Å². The zero-order valence-electron chi connectivity index (χ0n) is 13.6. The number of aromatic nitrogens is 1. The second kappa shape index (κ2) is 6.86. The van der Waals surface area contributed by atoms with Crippen LogP contribution >= 0.6 is 0 Å². The predicted molar refractivity (Wildman–Crippen MR) is 89.4 cm³/mol. The summed E-state index contributed by atoms with van der Waals surface area (Å²) in [6, 6.07) is 13.3. The maximum Gasteiger partial charge on any atom is 0.0300 e. The van der Waals surface area contributed by atoms with E-state index >= 15 is 0 Å². The van der Waals surface area contributed by atoms with Gasteiger partial charge in [0.05, 0.1) is 0 Å². The van der Waals surface area contributed by atoms with Crippen LogP contribution in [0.1, 0.15) is 43.9 Å². The molecule has 0 radical (unpaired) electrons. The predicted octanol–water partition coefficient (Wildman–Crippen LogP) is 4.24. The standard InChI is InChI=1S/C19H26N2/c1-15-13-20-11-10-17(15)14-21-16(2)12-19(3,4)18-8-6-5-7-9-18/h5-11,13,16,21H,12,14H2,1-4H3. The van der Waals surface area contributed by atoms with Crippen LogP contribution in [0.15, 0.2) is 48.8 Å². The van der Waals surface area contributed by atoms with Gasteiger partial charge in [0, 0.05) is 25.0 Å². The topological polar surface area (TPSA) is 24.9 Å². The molecule has 0 saturated heterocycles. The Labute approximate surface area is 128 Å². The van der Waals surface area contributed by atoms with Crippen LogP contribution in [0, 0.1) is 6.92 Å². The second-order valence-electron chi connectivity index (χ2n) is 6.54. The van der Waals surface area contributed by atoms with Crippen molar-refractivity contribution in [3.8, 4) is 0 Å². The van der Waals surface area contributed by atoms with Crippen LogP contribution in [-0.2, 0) is 12.0 Å². The summed E-state index contributed by atoms with van der Waals surface area (Å²) in [5, 5.41) is 3.64. The monoisotopic (exact) mass is 282 g/mol. The lowest BCUT2D eigenvalue weighted by molar-refractivity contribution is 0.388. The SMILES string of the molecule is Cc1cnccc1CNC(C)CC(C)(C)c1ccccc1. The Hall–Kier alpha value is -1.67. The van der Waals surface area contributed by atoms with E-state index in [9.17, 15) is 0 Å². The molecule has 2 rings (SSSR count). The smallest absolute Gasteiger partial charge is 0.0300 e. The quantitative estimate of drug-likeness (QED) is 0.857. The van der Waals surface area contributed by atoms with Gasteiger partial charge in [-0.25, -0.2) is 0 Å². The van der Waals surface area contributed by atoms with E-state index in [-0.39, 0.29) is 5.41 Å². The molecule has 1 atom stereocenters. The molecule has 0 spiro atoms. The zero-order chi connectivity index (χ0) is 15.3. The van der Waals surface area contributed by atoms with Crippen LogP contribution in [0.2, 0.25) is 0 Å². The molecule has 0 bridgehead atoms. The van der Waals surface area contributed by atoms with Gasteiger partial charge in [0.2, 0.25) is 0 Å². The minimum Gasteiger partial charge on any atom is -0.310 e. The molecule has 2 aromatic rings. The third-order valence-corrected chi connectivity index (χ3v) is 4.15. The van der Waals surface area contributed by atoms with Crippen molar-refractivity contribution < 1.29 is 0 Å². The molecule has 0 aliphatic heterocycles. The number of hydrogen-bond acceptors (Lipinski definition) is 2. The van der Waals surface area contributed by atoms with Crippen molar-refractivity contribution in [3.05, 3.63) is 65.5 Å². The molecule has 0 amide bonds. The molecule has 1 N–H and O–H groups in total. The molecule has 1 unspecified atom stereocenters. The molecular weight excluding hydrogens is 256 g/mol. The van der Waals surface area contributed by atoms with Crippen molar-refractivity contribution in [1.29, 1.82) is 0 Å². The van der Waals surface area contributed by atoms with Crippen molar-refractivity contribution in [1.82, 2.24) is 10.3 Å². The normalized spacial score (nSPS) is 13.1. The Kier molecular flexibility index (Phi) is 5.13. The first-order chi connectivity index (χ1) is 9.99. The van der Waals surface area contributed by atoms with Crippen molar-refractivity contribution in [2.45, 2.75) is 52.1 Å². The van der Waals surface area contributed by atoms with Gasteiger partial charge < -0.3 is 5.32 Å². The Morgan fingerprint density at radius 3 is 2.52 bits per heavy atom. The van der Waals surface area contributed by atoms with Gasteiger partial charge in [-0.05, 0) is 48.4 Å². The van der Waals surface area contributed by atoms with E-state index in [1.165, 1.54) is 16.7 Å². The van der Waals surface area contributed by atoms with Gasteiger partial charge in [-0.15, -0.1) is 0 Å². The minimum atomic E-state index is 0.182. The van der Waals surface area contributed by atoms with Gasteiger partial charge in [0.15, 0.2) is 0 Å². The molecule has 1 heterocycles. The highest BCUT2D eigenvalue weighted by molar-refractivity contribution is 5.24. The van der Waals surface area contributed by atoms with Gasteiger partial charge in [-0.1, -0.05) is 44.2 Å². The third kappa shape index (κ3) is 4.40. The van der Waals surface area contributed by atoms with E-state index < -0.39 is 0 Å². The number of hydrogen-bond donors (Lipinski definition) is 1. The number of aryl methyl sites for hydroxylation is 1. The summed E-state index contributed by atoms with van der Waals surface area (Å²) < 4.78 is 0. The Balaban J connectivity index is 1.93. The van der Waals surface area contributed by atoms with Crippen LogP contribution in [-0.4, -0.2) is 11.0 Å². The summed E-state index contributed by atoms with van der Waals surface area (Å²) >= 11 is 0. The van der Waals surface area contributed by atoms with Gasteiger partial charge in [-0.3, -0.25) is 4.98 Å². The molecule has 2 heteroatoms. The summed E-state index contributed by atoms with van der Waals surface area (Å²) in [6.07, 6.45) is 4.90. The number of pyridine rings is 1. The van der Waals surface area contributed by atoms with Crippen LogP contribution in [0.4, 0.5) is 0 Å². The molecule has 0 fully saturated rings. The lowest BCUT2D eigenvalue weighted by atomic mass is 9.79. The number of nitrogens with zero attached hydrogens (tertiary/aromatic N) is 1. The number of benzene rings is 1. The Bertz CT molecular complexity index is 561. The lowest BCUT2D eigenvalue weighted by Gasteiger charge is -2.29. The van der Waals surface area contributed by atoms with E-state index in [1.54, 1.807) is 0 Å². The molecule has 2 nitrogen and oxygen atoms in total. The van der Waals surface area contributed by atoms with Crippen molar-refractivity contribution in [2.75, 3.05) is 0 Å². The molecule has 1 aromatic heterocycles. The first-order valence-corrected chi connectivity index (χ1v) is 7.67. The summed E-state index contributed by atoms with van der Waals surface area (Å²) in [4.78, 5) is 4.14. The highest BCUT2D eigenvalue weighted by Crippen LogP contribution is 2.28. The van der Waals surface area contributed by atoms with E-state index in [0.29, 0.717) is 6.04 Å². The maximum atomic E-state index is 4.14. The first-order valence-electron chi connectivity index (χ1n) is 7.67. The fourth-order valence-electron chi connectivity index (χ4n) is 2.83. The van der Waals surface area contributed by atoms with Crippen LogP contribution < -0.4 is 5.32 Å². The van der Waals surface area contributed by atoms with E-state index in [0.717, 1.165) is 13.0 Å². The summed E-state index contributed by atoms with van der Waals surface area (Å²) in [7, 11) is 0. The molecule has 0 aliphatic carbocycles. The maximum absolute atomic E-state index is 4.14. The van der Waals surface area contributed by atoms with Gasteiger partial charge in [0.25, 0.3) is 0 Å². The van der Waals surface area contributed by atoms with Gasteiger partial charge in [0.1, 0.15) is 0 Å². The summed E-state index contributed by atoms with van der Waals surface area (Å²) in [5.41, 5.74) is 4.16. The van der Waals surface area contributed by atoms with E-state index in [2.05, 4.69) is 74.4 Å². The van der Waals surface area contributed by atoms with Crippen LogP contribution in [0.5, 0.6) is 0 Å². The largest absolute Gasteiger partial charge is 0.310 e. The highest BCUT2D eigenvalue weighted by atomic mass is 14.9. The average Bonchev–Trinajstić information content (AvgIpc) is 2.47. The molecule has 0 saturated carbocycles. The highest BCUT2D eigenvalue weighted by Gasteiger charge is 2.22.